The van der Waals surface area contributed by atoms with Gasteiger partial charge in [-0.15, -0.1) is 0 Å². The summed E-state index contributed by atoms with van der Waals surface area (Å²) in [5.74, 6) is 0.222. The number of nitrogens with one attached hydrogen (secondary N) is 2. The zero-order valence-electron chi connectivity index (χ0n) is 17.5. The van der Waals surface area contributed by atoms with Crippen LogP contribution in [0, 0.1) is 5.92 Å². The Labute approximate surface area is 190 Å². The number of benzene rings is 2. The highest BCUT2D eigenvalue weighted by molar-refractivity contribution is 6.31. The molecular weight excluding hydrogens is 430 g/mol. The van der Waals surface area contributed by atoms with Crippen LogP contribution in [0.25, 0.3) is 11.0 Å². The van der Waals surface area contributed by atoms with E-state index in [4.69, 9.17) is 16.3 Å². The third-order valence-corrected chi connectivity index (χ3v) is 6.13. The third kappa shape index (κ3) is 4.48. The number of hydrogen-bond acceptors (Lipinski definition) is 5. The number of ether oxygens (including phenoxy) is 1. The summed E-state index contributed by atoms with van der Waals surface area (Å²) in [5.41, 5.74) is 3.12. The van der Waals surface area contributed by atoms with Gasteiger partial charge in [0.25, 0.3) is 0 Å². The minimum Gasteiger partial charge on any atom is -0.379 e. The Bertz CT molecular complexity index is 1160. The van der Waals surface area contributed by atoms with Gasteiger partial charge in [0.1, 0.15) is 5.82 Å². The van der Waals surface area contributed by atoms with Crippen LogP contribution >= 0.6 is 11.6 Å². The molecule has 2 aliphatic rings. The van der Waals surface area contributed by atoms with E-state index in [1.54, 1.807) is 23.1 Å². The second-order valence-corrected chi connectivity index (χ2v) is 8.61. The van der Waals surface area contributed by atoms with Crippen molar-refractivity contribution < 1.29 is 14.3 Å². The molecule has 8 nitrogen and oxygen atoms in total. The molecule has 1 atom stereocenters. The minimum atomic E-state index is -0.421. The van der Waals surface area contributed by atoms with Gasteiger partial charge in [0.15, 0.2) is 0 Å². The maximum atomic E-state index is 12.8. The molecule has 3 heterocycles. The van der Waals surface area contributed by atoms with Gasteiger partial charge in [0, 0.05) is 42.5 Å². The molecule has 2 amide bonds. The number of halogens is 1. The molecule has 0 saturated carbocycles. The highest BCUT2D eigenvalue weighted by Gasteiger charge is 2.35. The van der Waals surface area contributed by atoms with Gasteiger partial charge >= 0.3 is 0 Å². The van der Waals surface area contributed by atoms with Gasteiger partial charge in [-0.25, -0.2) is 4.98 Å². The second-order valence-electron chi connectivity index (χ2n) is 8.18. The zero-order valence-corrected chi connectivity index (χ0v) is 18.3. The Hall–Kier alpha value is -2.94. The third-order valence-electron chi connectivity index (χ3n) is 5.89. The molecule has 2 saturated heterocycles. The Morgan fingerprint density at radius 2 is 2.06 bits per heavy atom. The first-order chi connectivity index (χ1) is 15.5. The van der Waals surface area contributed by atoms with Gasteiger partial charge < -0.3 is 19.9 Å². The summed E-state index contributed by atoms with van der Waals surface area (Å²) < 4.78 is 5.39. The summed E-state index contributed by atoms with van der Waals surface area (Å²) >= 11 is 6.05. The molecule has 2 fully saturated rings. The van der Waals surface area contributed by atoms with Crippen LogP contribution in [0.5, 0.6) is 0 Å². The lowest BCUT2D eigenvalue weighted by atomic mass is 10.1. The predicted molar refractivity (Wildman–Crippen MR) is 123 cm³/mol. The van der Waals surface area contributed by atoms with Crippen molar-refractivity contribution in [3.8, 4) is 0 Å². The Morgan fingerprint density at radius 3 is 2.88 bits per heavy atom. The lowest BCUT2D eigenvalue weighted by Crippen LogP contribution is -2.35. The molecule has 2 aliphatic heterocycles. The molecule has 5 rings (SSSR count). The van der Waals surface area contributed by atoms with Crippen molar-refractivity contribution >= 4 is 45.8 Å². The molecule has 2 aromatic carbocycles. The number of amides is 2. The van der Waals surface area contributed by atoms with E-state index in [0.717, 1.165) is 49.7 Å². The molecule has 1 aromatic heterocycles. The highest BCUT2D eigenvalue weighted by Crippen LogP contribution is 2.28. The van der Waals surface area contributed by atoms with Gasteiger partial charge in [-0.3, -0.25) is 14.5 Å². The van der Waals surface area contributed by atoms with E-state index in [2.05, 4.69) is 20.2 Å². The van der Waals surface area contributed by atoms with Crippen LogP contribution in [0.2, 0.25) is 5.02 Å². The molecule has 2 N–H and O–H groups in total. The number of carbonyl (C=O) groups is 2. The number of imidazole rings is 1. The van der Waals surface area contributed by atoms with Crippen molar-refractivity contribution in [2.24, 2.45) is 5.92 Å². The van der Waals surface area contributed by atoms with E-state index in [-0.39, 0.29) is 18.2 Å². The number of rotatable bonds is 5. The first kappa shape index (κ1) is 20.9. The molecule has 32 heavy (non-hydrogen) atoms. The van der Waals surface area contributed by atoms with E-state index in [1.165, 1.54) is 0 Å². The van der Waals surface area contributed by atoms with Crippen LogP contribution in [0.3, 0.4) is 0 Å². The summed E-state index contributed by atoms with van der Waals surface area (Å²) in [6.45, 7) is 4.35. The number of anilines is 2. The average molecular weight is 454 g/mol. The van der Waals surface area contributed by atoms with E-state index < -0.39 is 5.92 Å². The van der Waals surface area contributed by atoms with E-state index in [0.29, 0.717) is 22.9 Å². The highest BCUT2D eigenvalue weighted by atomic mass is 35.5. The second kappa shape index (κ2) is 8.90. The Morgan fingerprint density at radius 1 is 1.22 bits per heavy atom. The van der Waals surface area contributed by atoms with E-state index in [1.807, 2.05) is 24.3 Å². The number of carbonyl (C=O) groups excluding carboxylic acids is 2. The topological polar surface area (TPSA) is 90.6 Å². The SMILES string of the molecule is O=C(Nc1ccc2nc(CN3CCOCC3)[nH]c2c1)C1CC(=O)N(c2cccc(Cl)c2)C1. The number of aromatic amines is 1. The summed E-state index contributed by atoms with van der Waals surface area (Å²) in [4.78, 5) is 37.2. The lowest BCUT2D eigenvalue weighted by Gasteiger charge is -2.25. The first-order valence-electron chi connectivity index (χ1n) is 10.7. The van der Waals surface area contributed by atoms with Crippen molar-refractivity contribution in [1.29, 1.82) is 0 Å². The van der Waals surface area contributed by atoms with Crippen molar-refractivity contribution in [3.63, 3.8) is 0 Å². The Balaban J connectivity index is 1.25. The molecule has 166 valence electrons. The van der Waals surface area contributed by atoms with Gasteiger partial charge in [0.05, 0.1) is 36.7 Å². The predicted octanol–water partition coefficient (Wildman–Crippen LogP) is 3.04. The normalized spacial score (nSPS) is 19.6. The monoisotopic (exact) mass is 453 g/mol. The van der Waals surface area contributed by atoms with Crippen LogP contribution in [0.15, 0.2) is 42.5 Å². The maximum Gasteiger partial charge on any atom is 0.229 e. The van der Waals surface area contributed by atoms with E-state index in [9.17, 15) is 9.59 Å². The van der Waals surface area contributed by atoms with Crippen LogP contribution in [-0.2, 0) is 20.9 Å². The van der Waals surface area contributed by atoms with E-state index >= 15 is 0 Å². The molecule has 0 spiro atoms. The lowest BCUT2D eigenvalue weighted by molar-refractivity contribution is -0.122. The average Bonchev–Trinajstić information content (AvgIpc) is 3.37. The van der Waals surface area contributed by atoms with Crippen molar-refractivity contribution in [1.82, 2.24) is 14.9 Å². The quantitative estimate of drug-likeness (QED) is 0.619. The molecule has 9 heteroatoms. The van der Waals surface area contributed by atoms with Gasteiger partial charge in [0.2, 0.25) is 11.8 Å². The van der Waals surface area contributed by atoms with Crippen molar-refractivity contribution in [2.45, 2.75) is 13.0 Å². The van der Waals surface area contributed by atoms with Crippen LogP contribution in [0.1, 0.15) is 12.2 Å². The van der Waals surface area contributed by atoms with Crippen LogP contribution in [0.4, 0.5) is 11.4 Å². The molecular formula is C23H24ClN5O3. The molecule has 1 unspecified atom stereocenters. The molecule has 0 bridgehead atoms. The fraction of sp³-hybridized carbons (Fsp3) is 0.348. The van der Waals surface area contributed by atoms with Crippen molar-refractivity contribution in [3.05, 3.63) is 53.3 Å². The minimum absolute atomic E-state index is 0.0795. The standard InChI is InChI=1S/C23H24ClN5O3/c24-16-2-1-3-18(11-16)29-13-15(10-22(29)30)23(31)25-17-4-5-19-20(12-17)27-21(26-19)14-28-6-8-32-9-7-28/h1-5,11-12,15H,6-10,13-14H2,(H,25,31)(H,26,27). The summed E-state index contributed by atoms with van der Waals surface area (Å²) in [7, 11) is 0. The van der Waals surface area contributed by atoms with Crippen molar-refractivity contribution in [2.75, 3.05) is 43.1 Å². The van der Waals surface area contributed by atoms with Gasteiger partial charge in [-0.2, -0.15) is 0 Å². The molecule has 3 aromatic rings. The smallest absolute Gasteiger partial charge is 0.229 e. The zero-order chi connectivity index (χ0) is 22.1. The number of aromatic nitrogens is 2. The number of fused-ring (bicyclic) bond motifs is 1. The Kier molecular flexibility index (Phi) is 5.82. The van der Waals surface area contributed by atoms with Gasteiger partial charge in [-0.05, 0) is 36.4 Å². The molecule has 0 aliphatic carbocycles. The summed E-state index contributed by atoms with van der Waals surface area (Å²) in [6.07, 6.45) is 0.175. The number of hydrogen-bond donors (Lipinski definition) is 2. The first-order valence-corrected chi connectivity index (χ1v) is 11.1. The number of morpholine rings is 1. The fourth-order valence-electron chi connectivity index (χ4n) is 4.21. The number of nitrogens with zero attached hydrogens (tertiary/aromatic N) is 3. The maximum absolute atomic E-state index is 12.8. The largest absolute Gasteiger partial charge is 0.379 e. The van der Waals surface area contributed by atoms with Crippen LogP contribution in [-0.4, -0.2) is 59.5 Å². The summed E-state index contributed by atoms with van der Waals surface area (Å²) in [5, 5.41) is 3.51. The summed E-state index contributed by atoms with van der Waals surface area (Å²) in [6, 6.07) is 12.7. The van der Waals surface area contributed by atoms with Gasteiger partial charge in [-0.1, -0.05) is 17.7 Å². The fourth-order valence-corrected chi connectivity index (χ4v) is 4.39. The number of H-pyrrole nitrogens is 1. The molecule has 0 radical (unpaired) electrons. The van der Waals surface area contributed by atoms with Crippen LogP contribution < -0.4 is 10.2 Å².